The average Bonchev–Trinajstić information content (AvgIpc) is 3.17. The molecule has 4 aromatic rings. The van der Waals surface area contributed by atoms with Crippen molar-refractivity contribution in [2.24, 2.45) is 0 Å². The van der Waals surface area contributed by atoms with Crippen molar-refractivity contribution in [2.75, 3.05) is 11.1 Å². The maximum Gasteiger partial charge on any atom is 0.236 e. The molecule has 32 heavy (non-hydrogen) atoms. The lowest BCUT2D eigenvalue weighted by Gasteiger charge is -2.11. The van der Waals surface area contributed by atoms with Crippen LogP contribution in [0.25, 0.3) is 22.6 Å². The van der Waals surface area contributed by atoms with Crippen LogP contribution in [0.1, 0.15) is 0 Å². The minimum Gasteiger partial charge on any atom is -0.436 e. The van der Waals surface area contributed by atoms with Gasteiger partial charge in [0.15, 0.2) is 10.7 Å². The number of hydrogen-bond donors (Lipinski definition) is 2. The molecule has 162 valence electrons. The number of thioether (sulfide) groups is 1. The second kappa shape index (κ2) is 10.1. The van der Waals surface area contributed by atoms with E-state index in [2.05, 4.69) is 15.6 Å². The first-order valence-electron chi connectivity index (χ1n) is 9.22. The van der Waals surface area contributed by atoms with Crippen molar-refractivity contribution in [2.45, 2.75) is 4.90 Å². The van der Waals surface area contributed by atoms with Crippen LogP contribution >= 0.6 is 58.8 Å². The van der Waals surface area contributed by atoms with Gasteiger partial charge in [0.05, 0.1) is 16.3 Å². The number of halogens is 3. The van der Waals surface area contributed by atoms with E-state index >= 15 is 0 Å². The lowest BCUT2D eigenvalue weighted by molar-refractivity contribution is -0.117. The van der Waals surface area contributed by atoms with Crippen molar-refractivity contribution < 1.29 is 9.21 Å². The van der Waals surface area contributed by atoms with Crippen molar-refractivity contribution >= 4 is 86.6 Å². The Hall–Kier alpha value is -2.29. The smallest absolute Gasteiger partial charge is 0.236 e. The van der Waals surface area contributed by atoms with Crippen molar-refractivity contribution in [1.82, 2.24) is 10.3 Å². The largest absolute Gasteiger partial charge is 0.436 e. The van der Waals surface area contributed by atoms with Gasteiger partial charge in [0.1, 0.15) is 5.52 Å². The molecule has 0 saturated carbocycles. The van der Waals surface area contributed by atoms with E-state index in [1.165, 1.54) is 11.8 Å². The fourth-order valence-corrected chi connectivity index (χ4v) is 4.21. The quantitative estimate of drug-likeness (QED) is 0.216. The number of aromatic nitrogens is 1. The number of carbonyl (C=O) groups is 1. The molecule has 5 nitrogen and oxygen atoms in total. The Morgan fingerprint density at radius 1 is 1.00 bits per heavy atom. The number of oxazole rings is 1. The molecule has 1 aromatic heterocycles. The van der Waals surface area contributed by atoms with Crippen molar-refractivity contribution in [3.63, 3.8) is 0 Å². The molecular weight excluding hydrogens is 509 g/mol. The van der Waals surface area contributed by atoms with Crippen molar-refractivity contribution in [3.8, 4) is 11.5 Å². The summed E-state index contributed by atoms with van der Waals surface area (Å²) in [5.74, 6) is 0.332. The number of carbonyl (C=O) groups excluding carboxylic acids is 1. The number of anilines is 1. The van der Waals surface area contributed by atoms with Crippen LogP contribution in [-0.4, -0.2) is 21.8 Å². The van der Waals surface area contributed by atoms with Gasteiger partial charge in [-0.3, -0.25) is 4.79 Å². The Balaban J connectivity index is 1.41. The molecule has 4 rings (SSSR count). The third kappa shape index (κ3) is 5.74. The molecule has 1 heterocycles. The zero-order chi connectivity index (χ0) is 22.7. The molecule has 2 N–H and O–H groups in total. The van der Waals surface area contributed by atoms with Crippen LogP contribution in [0.3, 0.4) is 0 Å². The summed E-state index contributed by atoms with van der Waals surface area (Å²) in [5.41, 5.74) is 2.43. The van der Waals surface area contributed by atoms with Gasteiger partial charge < -0.3 is 15.1 Å². The minimum atomic E-state index is -0.229. The highest BCUT2D eigenvalue weighted by Gasteiger charge is 2.14. The molecule has 0 aliphatic carbocycles. The van der Waals surface area contributed by atoms with Gasteiger partial charge in [0.25, 0.3) is 0 Å². The molecule has 0 aliphatic heterocycles. The van der Waals surface area contributed by atoms with Gasteiger partial charge in [0, 0.05) is 20.6 Å². The first-order chi connectivity index (χ1) is 15.4. The first-order valence-corrected chi connectivity index (χ1v) is 11.8. The number of rotatable bonds is 5. The van der Waals surface area contributed by atoms with Crippen LogP contribution in [0.15, 0.2) is 70.0 Å². The van der Waals surface area contributed by atoms with Crippen LogP contribution < -0.4 is 10.6 Å². The van der Waals surface area contributed by atoms with E-state index in [1.54, 1.807) is 48.5 Å². The molecule has 0 aliphatic rings. The first kappa shape index (κ1) is 22.9. The minimum absolute atomic E-state index is 0.171. The summed E-state index contributed by atoms with van der Waals surface area (Å²) in [6.45, 7) is 0. The summed E-state index contributed by atoms with van der Waals surface area (Å²) in [7, 11) is 0. The Labute approximate surface area is 208 Å². The van der Waals surface area contributed by atoms with E-state index < -0.39 is 0 Å². The van der Waals surface area contributed by atoms with E-state index in [-0.39, 0.29) is 16.8 Å². The summed E-state index contributed by atoms with van der Waals surface area (Å²) < 4.78 is 5.80. The summed E-state index contributed by atoms with van der Waals surface area (Å²) in [5, 5.41) is 7.48. The number of amides is 1. The van der Waals surface area contributed by atoms with Gasteiger partial charge in [-0.15, -0.1) is 11.8 Å². The van der Waals surface area contributed by atoms with E-state index in [0.717, 1.165) is 4.90 Å². The number of benzene rings is 3. The fourth-order valence-electron chi connectivity index (χ4n) is 2.79. The predicted molar refractivity (Wildman–Crippen MR) is 136 cm³/mol. The van der Waals surface area contributed by atoms with Crippen LogP contribution in [0.4, 0.5) is 5.69 Å². The van der Waals surface area contributed by atoms with Crippen molar-refractivity contribution in [3.05, 3.63) is 75.7 Å². The summed E-state index contributed by atoms with van der Waals surface area (Å²) in [4.78, 5) is 17.6. The van der Waals surface area contributed by atoms with Crippen LogP contribution in [0.2, 0.25) is 15.1 Å². The highest BCUT2D eigenvalue weighted by molar-refractivity contribution is 8.00. The molecule has 0 fully saturated rings. The van der Waals surface area contributed by atoms with Gasteiger partial charge in [0.2, 0.25) is 11.8 Å². The van der Waals surface area contributed by atoms with Crippen LogP contribution in [0.5, 0.6) is 0 Å². The Kier molecular flexibility index (Phi) is 7.23. The van der Waals surface area contributed by atoms with Gasteiger partial charge in [-0.1, -0.05) is 34.8 Å². The van der Waals surface area contributed by atoms with E-state index in [0.29, 0.717) is 43.3 Å². The second-order valence-electron chi connectivity index (χ2n) is 6.57. The van der Waals surface area contributed by atoms with Crippen LogP contribution in [-0.2, 0) is 4.79 Å². The molecule has 3 aromatic carbocycles. The van der Waals surface area contributed by atoms with Crippen molar-refractivity contribution in [1.29, 1.82) is 0 Å². The monoisotopic (exact) mass is 521 g/mol. The highest BCUT2D eigenvalue weighted by atomic mass is 35.5. The molecule has 10 heteroatoms. The maximum atomic E-state index is 12.2. The van der Waals surface area contributed by atoms with Gasteiger partial charge in [-0.2, -0.15) is 0 Å². The summed E-state index contributed by atoms with van der Waals surface area (Å²) >= 11 is 24.9. The maximum absolute atomic E-state index is 12.2. The van der Waals surface area contributed by atoms with E-state index in [4.69, 9.17) is 51.4 Å². The Morgan fingerprint density at radius 3 is 2.53 bits per heavy atom. The Morgan fingerprint density at radius 2 is 1.75 bits per heavy atom. The Bertz CT molecular complexity index is 1310. The number of nitrogens with one attached hydrogen (secondary N) is 2. The normalized spacial score (nSPS) is 10.8. The summed E-state index contributed by atoms with van der Waals surface area (Å²) in [6.07, 6.45) is 0. The zero-order valence-corrected chi connectivity index (χ0v) is 20.1. The second-order valence-corrected chi connectivity index (χ2v) is 9.31. The molecule has 0 atom stereocenters. The van der Waals surface area contributed by atoms with E-state index in [9.17, 15) is 4.79 Å². The van der Waals surface area contributed by atoms with Gasteiger partial charge >= 0.3 is 0 Å². The third-order valence-corrected chi connectivity index (χ3v) is 6.27. The highest BCUT2D eigenvalue weighted by Crippen LogP contribution is 2.33. The molecule has 0 unspecified atom stereocenters. The zero-order valence-electron chi connectivity index (χ0n) is 16.2. The molecule has 0 saturated heterocycles. The molecule has 0 radical (unpaired) electrons. The van der Waals surface area contributed by atoms with Crippen LogP contribution in [0, 0.1) is 0 Å². The topological polar surface area (TPSA) is 67.2 Å². The molecule has 0 spiro atoms. The number of nitrogens with zero attached hydrogens (tertiary/aromatic N) is 1. The van der Waals surface area contributed by atoms with E-state index in [1.807, 2.05) is 12.1 Å². The van der Waals surface area contributed by atoms with Gasteiger partial charge in [-0.05, 0) is 72.9 Å². The number of hydrogen-bond acceptors (Lipinski definition) is 5. The summed E-state index contributed by atoms with van der Waals surface area (Å²) in [6, 6.07) is 17.6. The predicted octanol–water partition coefficient (Wildman–Crippen LogP) is 7.06. The fraction of sp³-hybridized carbons (Fsp3) is 0.0455. The standard InChI is InChI=1S/C22H14Cl3N3O2S2/c23-12-1-5-15(6-2-12)32-11-20(29)28-22(31)26-14-4-7-17(25)16(10-14)21-27-18-9-13(24)3-8-19(18)30-21/h1-10H,11H2,(H2,26,28,29,31). The molecule has 0 bridgehead atoms. The number of thiocarbonyl (C=S) groups is 1. The lowest BCUT2D eigenvalue weighted by Crippen LogP contribution is -2.35. The SMILES string of the molecule is O=C(CSc1ccc(Cl)cc1)NC(=S)Nc1ccc(Cl)c(-c2nc3cc(Cl)ccc3o2)c1. The van der Waals surface area contributed by atoms with Gasteiger partial charge in [-0.25, -0.2) is 4.98 Å². The number of fused-ring (bicyclic) bond motifs is 1. The third-order valence-electron chi connectivity index (χ3n) is 4.24. The molecule has 1 amide bonds. The molecular formula is C22H14Cl3N3O2S2. The average molecular weight is 523 g/mol. The lowest BCUT2D eigenvalue weighted by atomic mass is 10.2.